The van der Waals surface area contributed by atoms with Crippen LogP contribution >= 0.6 is 0 Å². The SMILES string of the molecule is CCCc1nc(C)c[nH]c1=O. The summed E-state index contributed by atoms with van der Waals surface area (Å²) in [5.41, 5.74) is 1.46. The third-order valence-electron chi connectivity index (χ3n) is 1.47. The molecule has 11 heavy (non-hydrogen) atoms. The molecular weight excluding hydrogens is 140 g/mol. The van der Waals surface area contributed by atoms with Crippen LogP contribution in [0.5, 0.6) is 0 Å². The van der Waals surface area contributed by atoms with Crippen molar-refractivity contribution in [3.05, 3.63) is 27.9 Å². The van der Waals surface area contributed by atoms with E-state index in [1.54, 1.807) is 6.20 Å². The third kappa shape index (κ3) is 1.90. The van der Waals surface area contributed by atoms with Gasteiger partial charge in [-0.3, -0.25) is 9.78 Å². The maximum atomic E-state index is 11.0. The number of rotatable bonds is 2. The van der Waals surface area contributed by atoms with E-state index in [9.17, 15) is 4.79 Å². The molecule has 0 aliphatic heterocycles. The molecule has 0 fully saturated rings. The molecule has 0 atom stereocenters. The lowest BCUT2D eigenvalue weighted by Crippen LogP contribution is -2.14. The second kappa shape index (κ2) is 3.32. The van der Waals surface area contributed by atoms with Gasteiger partial charge in [-0.25, -0.2) is 0 Å². The minimum Gasteiger partial charge on any atom is -0.326 e. The zero-order valence-electron chi connectivity index (χ0n) is 6.85. The minimum atomic E-state index is -0.0579. The Morgan fingerprint density at radius 3 is 3.00 bits per heavy atom. The van der Waals surface area contributed by atoms with Gasteiger partial charge in [-0.05, 0) is 13.3 Å². The topological polar surface area (TPSA) is 45.8 Å². The Labute approximate surface area is 65.5 Å². The van der Waals surface area contributed by atoms with Crippen molar-refractivity contribution < 1.29 is 0 Å². The van der Waals surface area contributed by atoms with Gasteiger partial charge in [0.2, 0.25) is 0 Å². The molecule has 1 heterocycles. The summed E-state index contributed by atoms with van der Waals surface area (Å²) >= 11 is 0. The minimum absolute atomic E-state index is 0.0579. The molecule has 0 amide bonds. The number of aromatic nitrogens is 2. The van der Waals surface area contributed by atoms with Crippen LogP contribution in [0, 0.1) is 6.92 Å². The van der Waals surface area contributed by atoms with E-state index in [4.69, 9.17) is 0 Å². The monoisotopic (exact) mass is 152 g/mol. The number of aryl methyl sites for hydroxylation is 2. The quantitative estimate of drug-likeness (QED) is 0.688. The number of aromatic amines is 1. The lowest BCUT2D eigenvalue weighted by molar-refractivity contribution is 0.843. The molecule has 0 radical (unpaired) electrons. The molecule has 0 unspecified atom stereocenters. The smallest absolute Gasteiger partial charge is 0.269 e. The highest BCUT2D eigenvalue weighted by atomic mass is 16.1. The third-order valence-corrected chi connectivity index (χ3v) is 1.47. The summed E-state index contributed by atoms with van der Waals surface area (Å²) in [7, 11) is 0. The van der Waals surface area contributed by atoms with Gasteiger partial charge in [0.15, 0.2) is 0 Å². The number of hydrogen-bond acceptors (Lipinski definition) is 2. The molecule has 0 saturated carbocycles. The average Bonchev–Trinajstić information content (AvgIpc) is 1.98. The predicted octanol–water partition coefficient (Wildman–Crippen LogP) is 1.03. The lowest BCUT2D eigenvalue weighted by atomic mass is 10.2. The van der Waals surface area contributed by atoms with Gasteiger partial charge < -0.3 is 4.98 Å². The van der Waals surface area contributed by atoms with E-state index in [-0.39, 0.29) is 5.56 Å². The predicted molar refractivity (Wildman–Crippen MR) is 43.6 cm³/mol. The molecule has 1 aromatic rings. The van der Waals surface area contributed by atoms with Crippen molar-refractivity contribution in [2.24, 2.45) is 0 Å². The summed E-state index contributed by atoms with van der Waals surface area (Å²) in [6.45, 7) is 3.90. The molecule has 1 rings (SSSR count). The van der Waals surface area contributed by atoms with Crippen molar-refractivity contribution in [1.29, 1.82) is 0 Å². The summed E-state index contributed by atoms with van der Waals surface area (Å²) in [5, 5.41) is 0. The Morgan fingerprint density at radius 2 is 2.36 bits per heavy atom. The first-order valence-electron chi connectivity index (χ1n) is 3.79. The highest BCUT2D eigenvalue weighted by Gasteiger charge is 1.98. The van der Waals surface area contributed by atoms with Crippen LogP contribution in [0.3, 0.4) is 0 Å². The number of H-pyrrole nitrogens is 1. The first kappa shape index (κ1) is 7.98. The molecule has 60 valence electrons. The molecule has 3 nitrogen and oxygen atoms in total. The number of hydrogen-bond donors (Lipinski definition) is 1. The van der Waals surface area contributed by atoms with Crippen molar-refractivity contribution in [2.75, 3.05) is 0 Å². The highest BCUT2D eigenvalue weighted by molar-refractivity contribution is 5.01. The fourth-order valence-electron chi connectivity index (χ4n) is 0.955. The zero-order chi connectivity index (χ0) is 8.27. The first-order valence-corrected chi connectivity index (χ1v) is 3.79. The summed E-state index contributed by atoms with van der Waals surface area (Å²) in [5.74, 6) is 0. The van der Waals surface area contributed by atoms with Gasteiger partial charge in [0, 0.05) is 6.20 Å². The first-order chi connectivity index (χ1) is 5.24. The van der Waals surface area contributed by atoms with Crippen LogP contribution in [-0.4, -0.2) is 9.97 Å². The maximum absolute atomic E-state index is 11.0. The van der Waals surface area contributed by atoms with Gasteiger partial charge in [0.1, 0.15) is 5.69 Å². The van der Waals surface area contributed by atoms with Crippen LogP contribution in [0.4, 0.5) is 0 Å². The molecule has 3 heteroatoms. The average molecular weight is 152 g/mol. The lowest BCUT2D eigenvalue weighted by Gasteiger charge is -1.96. The van der Waals surface area contributed by atoms with Crippen LogP contribution in [0.1, 0.15) is 24.7 Å². The number of nitrogens with zero attached hydrogens (tertiary/aromatic N) is 1. The summed E-state index contributed by atoms with van der Waals surface area (Å²) in [6, 6.07) is 0. The van der Waals surface area contributed by atoms with Crippen molar-refractivity contribution in [1.82, 2.24) is 9.97 Å². The molecular formula is C8H12N2O. The summed E-state index contributed by atoms with van der Waals surface area (Å²) in [6.07, 6.45) is 3.35. The van der Waals surface area contributed by atoms with E-state index in [2.05, 4.69) is 9.97 Å². The van der Waals surface area contributed by atoms with Crippen LogP contribution in [0.2, 0.25) is 0 Å². The Hall–Kier alpha value is -1.12. The fourth-order valence-corrected chi connectivity index (χ4v) is 0.955. The van der Waals surface area contributed by atoms with Gasteiger partial charge >= 0.3 is 0 Å². The Bertz CT molecular complexity index is 290. The second-order valence-electron chi connectivity index (χ2n) is 2.57. The maximum Gasteiger partial charge on any atom is 0.269 e. The van der Waals surface area contributed by atoms with E-state index >= 15 is 0 Å². The standard InChI is InChI=1S/C8H12N2O/c1-3-4-7-8(11)9-5-6(2)10-7/h5H,3-4H2,1-2H3,(H,9,11). The highest BCUT2D eigenvalue weighted by Crippen LogP contribution is 1.92. The molecule has 0 aliphatic carbocycles. The van der Waals surface area contributed by atoms with Crippen LogP contribution in [0.25, 0.3) is 0 Å². The van der Waals surface area contributed by atoms with Crippen molar-refractivity contribution in [3.8, 4) is 0 Å². The molecule has 0 saturated heterocycles. The van der Waals surface area contributed by atoms with Crippen LogP contribution in [-0.2, 0) is 6.42 Å². The normalized spacial score (nSPS) is 10.0. The van der Waals surface area contributed by atoms with Crippen molar-refractivity contribution in [3.63, 3.8) is 0 Å². The Morgan fingerprint density at radius 1 is 1.64 bits per heavy atom. The molecule has 1 N–H and O–H groups in total. The van der Waals surface area contributed by atoms with E-state index in [1.165, 1.54) is 0 Å². The molecule has 0 spiro atoms. The van der Waals surface area contributed by atoms with Crippen LogP contribution in [0.15, 0.2) is 11.0 Å². The molecule has 0 aliphatic rings. The summed E-state index contributed by atoms with van der Waals surface area (Å²) in [4.78, 5) is 17.8. The summed E-state index contributed by atoms with van der Waals surface area (Å²) < 4.78 is 0. The van der Waals surface area contributed by atoms with Crippen molar-refractivity contribution >= 4 is 0 Å². The van der Waals surface area contributed by atoms with E-state index < -0.39 is 0 Å². The largest absolute Gasteiger partial charge is 0.326 e. The molecule has 0 aromatic carbocycles. The van der Waals surface area contributed by atoms with E-state index in [0.717, 1.165) is 18.5 Å². The van der Waals surface area contributed by atoms with Gasteiger partial charge in [0.25, 0.3) is 5.56 Å². The van der Waals surface area contributed by atoms with Gasteiger partial charge in [-0.1, -0.05) is 13.3 Å². The molecule has 1 aromatic heterocycles. The van der Waals surface area contributed by atoms with Gasteiger partial charge in [0.05, 0.1) is 5.69 Å². The van der Waals surface area contributed by atoms with Gasteiger partial charge in [-0.2, -0.15) is 0 Å². The fraction of sp³-hybridized carbons (Fsp3) is 0.500. The zero-order valence-corrected chi connectivity index (χ0v) is 6.85. The van der Waals surface area contributed by atoms with Gasteiger partial charge in [-0.15, -0.1) is 0 Å². The van der Waals surface area contributed by atoms with E-state index in [0.29, 0.717) is 5.69 Å². The van der Waals surface area contributed by atoms with Crippen molar-refractivity contribution in [2.45, 2.75) is 26.7 Å². The van der Waals surface area contributed by atoms with E-state index in [1.807, 2.05) is 13.8 Å². The Balaban J connectivity index is 3.03. The Kier molecular flexibility index (Phi) is 2.41. The van der Waals surface area contributed by atoms with Crippen LogP contribution < -0.4 is 5.56 Å². The second-order valence-corrected chi connectivity index (χ2v) is 2.57. The number of nitrogens with one attached hydrogen (secondary N) is 1. The molecule has 0 bridgehead atoms.